The third kappa shape index (κ3) is 4.22. The van der Waals surface area contributed by atoms with Gasteiger partial charge < -0.3 is 9.80 Å². The Morgan fingerprint density at radius 2 is 1.53 bits per heavy atom. The fourth-order valence-electron chi connectivity index (χ4n) is 5.26. The van der Waals surface area contributed by atoms with Crippen LogP contribution in [0.4, 0.5) is 11.6 Å². The summed E-state index contributed by atoms with van der Waals surface area (Å²) in [5.74, 6) is 1.76. The number of piperazine rings is 1. The maximum Gasteiger partial charge on any atom is 0.243 e. The van der Waals surface area contributed by atoms with Crippen LogP contribution in [0.2, 0.25) is 0 Å². The molecule has 32 heavy (non-hydrogen) atoms. The number of anilines is 2. The number of sulfonamides is 1. The van der Waals surface area contributed by atoms with Crippen LogP contribution in [0.1, 0.15) is 50.2 Å². The van der Waals surface area contributed by atoms with E-state index < -0.39 is 10.0 Å². The summed E-state index contributed by atoms with van der Waals surface area (Å²) in [6, 6.07) is 10.3. The molecule has 0 N–H and O–H groups in total. The molecule has 172 valence electrons. The molecule has 3 heterocycles. The normalized spacial score (nSPS) is 22.6. The average Bonchev–Trinajstić information content (AvgIpc) is 2.84. The van der Waals surface area contributed by atoms with Gasteiger partial charge in [0, 0.05) is 38.8 Å². The summed E-state index contributed by atoms with van der Waals surface area (Å²) in [5.41, 5.74) is 2.51. The van der Waals surface area contributed by atoms with Crippen molar-refractivity contribution < 1.29 is 8.42 Å². The Bertz CT molecular complexity index is 1050. The molecule has 1 aromatic heterocycles. The predicted molar refractivity (Wildman–Crippen MR) is 127 cm³/mol. The summed E-state index contributed by atoms with van der Waals surface area (Å²) >= 11 is 0. The lowest BCUT2D eigenvalue weighted by Crippen LogP contribution is -2.49. The lowest BCUT2D eigenvalue weighted by molar-refractivity contribution is 0.383. The lowest BCUT2D eigenvalue weighted by Gasteiger charge is -2.36. The fraction of sp³-hybridized carbons (Fsp3) is 0.583. The number of rotatable bonds is 4. The van der Waals surface area contributed by atoms with E-state index in [0.717, 1.165) is 37.4 Å². The minimum atomic E-state index is -3.46. The second kappa shape index (κ2) is 8.98. The van der Waals surface area contributed by atoms with Crippen LogP contribution in [0, 0.1) is 0 Å². The Hall–Kier alpha value is -2.19. The Morgan fingerprint density at radius 1 is 0.812 bits per heavy atom. The molecule has 8 heteroatoms. The van der Waals surface area contributed by atoms with Crippen molar-refractivity contribution in [3.63, 3.8) is 0 Å². The summed E-state index contributed by atoms with van der Waals surface area (Å²) in [4.78, 5) is 4.91. The number of hydrogen-bond donors (Lipinski definition) is 0. The molecule has 3 aliphatic rings. The van der Waals surface area contributed by atoms with Gasteiger partial charge in [-0.25, -0.2) is 8.42 Å². The van der Waals surface area contributed by atoms with E-state index in [0.29, 0.717) is 37.1 Å². The molecule has 2 saturated heterocycles. The highest BCUT2D eigenvalue weighted by Crippen LogP contribution is 2.27. The first-order valence-electron chi connectivity index (χ1n) is 12.0. The molecule has 0 amide bonds. The third-order valence-electron chi connectivity index (χ3n) is 7.25. The molecular weight excluding hydrogens is 422 g/mol. The molecule has 1 aromatic carbocycles. The van der Waals surface area contributed by atoms with E-state index in [9.17, 15) is 8.42 Å². The van der Waals surface area contributed by atoms with Crippen LogP contribution < -0.4 is 9.80 Å². The number of benzene rings is 1. The molecule has 0 radical (unpaired) electrons. The first kappa shape index (κ1) is 21.6. The highest BCUT2D eigenvalue weighted by Gasteiger charge is 2.30. The van der Waals surface area contributed by atoms with Gasteiger partial charge in [-0.1, -0.05) is 6.07 Å². The lowest BCUT2D eigenvalue weighted by atomic mass is 9.92. The number of aryl methyl sites for hydroxylation is 2. The van der Waals surface area contributed by atoms with Crippen molar-refractivity contribution in [2.75, 3.05) is 42.5 Å². The molecule has 1 atom stereocenters. The maximum absolute atomic E-state index is 13.2. The molecule has 5 rings (SSSR count). The minimum Gasteiger partial charge on any atom is -0.352 e. The van der Waals surface area contributed by atoms with Crippen molar-refractivity contribution in [1.82, 2.24) is 14.5 Å². The predicted octanol–water partition coefficient (Wildman–Crippen LogP) is 3.25. The minimum absolute atomic E-state index is 0.436. The zero-order chi connectivity index (χ0) is 22.1. The van der Waals surface area contributed by atoms with E-state index in [1.165, 1.54) is 36.8 Å². The van der Waals surface area contributed by atoms with Gasteiger partial charge in [0.1, 0.15) is 0 Å². The van der Waals surface area contributed by atoms with Gasteiger partial charge >= 0.3 is 0 Å². The van der Waals surface area contributed by atoms with Gasteiger partial charge in [0.15, 0.2) is 11.6 Å². The van der Waals surface area contributed by atoms with Crippen LogP contribution in [0.5, 0.6) is 0 Å². The third-order valence-corrected chi connectivity index (χ3v) is 9.15. The Balaban J connectivity index is 1.24. The van der Waals surface area contributed by atoms with Gasteiger partial charge in [-0.05, 0) is 87.3 Å². The number of aromatic nitrogens is 2. The molecule has 7 nitrogen and oxygen atoms in total. The van der Waals surface area contributed by atoms with Gasteiger partial charge in [0.2, 0.25) is 10.0 Å². The zero-order valence-electron chi connectivity index (χ0n) is 18.9. The number of nitrogens with zero attached hydrogens (tertiary/aromatic N) is 5. The fourth-order valence-corrected chi connectivity index (χ4v) is 6.73. The first-order valence-corrected chi connectivity index (χ1v) is 13.4. The van der Waals surface area contributed by atoms with E-state index in [1.807, 2.05) is 18.2 Å². The largest absolute Gasteiger partial charge is 0.352 e. The molecule has 0 bridgehead atoms. The topological polar surface area (TPSA) is 69.6 Å². The first-order chi connectivity index (χ1) is 15.5. The van der Waals surface area contributed by atoms with Crippen LogP contribution in [0.25, 0.3) is 0 Å². The second-order valence-corrected chi connectivity index (χ2v) is 11.3. The molecule has 0 spiro atoms. The second-order valence-electron chi connectivity index (χ2n) is 9.32. The zero-order valence-corrected chi connectivity index (χ0v) is 19.7. The van der Waals surface area contributed by atoms with Gasteiger partial charge in [0.25, 0.3) is 0 Å². The highest BCUT2D eigenvalue weighted by molar-refractivity contribution is 7.89. The van der Waals surface area contributed by atoms with Crippen LogP contribution in [-0.2, 0) is 22.9 Å². The van der Waals surface area contributed by atoms with Crippen molar-refractivity contribution >= 4 is 21.7 Å². The number of fused-ring (bicyclic) bond motifs is 1. The van der Waals surface area contributed by atoms with Crippen molar-refractivity contribution in [1.29, 1.82) is 0 Å². The van der Waals surface area contributed by atoms with E-state index in [2.05, 4.69) is 33.0 Å². The van der Waals surface area contributed by atoms with Crippen LogP contribution in [0.3, 0.4) is 0 Å². The molecule has 0 saturated carbocycles. The molecule has 2 aromatic rings. The Morgan fingerprint density at radius 3 is 2.25 bits per heavy atom. The summed E-state index contributed by atoms with van der Waals surface area (Å²) in [6.07, 6.45) is 8.07. The Labute approximate surface area is 191 Å². The van der Waals surface area contributed by atoms with E-state index in [4.69, 9.17) is 0 Å². The van der Waals surface area contributed by atoms with E-state index >= 15 is 0 Å². The van der Waals surface area contributed by atoms with Gasteiger partial charge in [0.05, 0.1) is 4.90 Å². The van der Waals surface area contributed by atoms with Gasteiger partial charge in [-0.2, -0.15) is 4.31 Å². The number of hydrogen-bond acceptors (Lipinski definition) is 6. The summed E-state index contributed by atoms with van der Waals surface area (Å²) in [5, 5.41) is 8.96. The van der Waals surface area contributed by atoms with Crippen molar-refractivity contribution in [2.24, 2.45) is 0 Å². The van der Waals surface area contributed by atoms with Crippen LogP contribution in [0.15, 0.2) is 35.2 Å². The molecule has 1 unspecified atom stereocenters. The quantitative estimate of drug-likeness (QED) is 0.705. The summed E-state index contributed by atoms with van der Waals surface area (Å²) < 4.78 is 28.1. The number of piperidine rings is 1. The molecule has 1 aliphatic carbocycles. The molecule has 2 aliphatic heterocycles. The van der Waals surface area contributed by atoms with Gasteiger partial charge in [-0.3, -0.25) is 0 Å². The smallest absolute Gasteiger partial charge is 0.243 e. The van der Waals surface area contributed by atoms with Crippen LogP contribution >= 0.6 is 0 Å². The van der Waals surface area contributed by atoms with E-state index in [1.54, 1.807) is 10.4 Å². The maximum atomic E-state index is 13.2. The SMILES string of the molecule is CC1CCCCN1c1ccc(N2CCN(S(=O)(=O)c3ccc4c(c3)CCCC4)CC2)nn1. The molecular formula is C24H33N5O2S. The van der Waals surface area contributed by atoms with Crippen molar-refractivity contribution in [2.45, 2.75) is 62.8 Å². The summed E-state index contributed by atoms with van der Waals surface area (Å²) in [6.45, 7) is 5.46. The van der Waals surface area contributed by atoms with Crippen LogP contribution in [-0.4, -0.2) is 61.7 Å². The highest BCUT2D eigenvalue weighted by atomic mass is 32.2. The monoisotopic (exact) mass is 455 g/mol. The van der Waals surface area contributed by atoms with Crippen molar-refractivity contribution in [3.8, 4) is 0 Å². The van der Waals surface area contributed by atoms with E-state index in [-0.39, 0.29) is 0 Å². The standard InChI is InChI=1S/C24H33N5O2S/c1-19-6-4-5-13-29(19)24-12-11-23(25-26-24)27-14-16-28(17-15-27)32(30,31)22-10-9-20-7-2-3-8-21(20)18-22/h9-12,18-19H,2-8,13-17H2,1H3. The van der Waals surface area contributed by atoms with Gasteiger partial charge in [-0.15, -0.1) is 10.2 Å². The molecule has 2 fully saturated rings. The van der Waals surface area contributed by atoms with Crippen molar-refractivity contribution in [3.05, 3.63) is 41.5 Å². The summed E-state index contributed by atoms with van der Waals surface area (Å²) in [7, 11) is -3.46. The average molecular weight is 456 g/mol. The Kier molecular flexibility index (Phi) is 6.07.